The van der Waals surface area contributed by atoms with E-state index < -0.39 is 6.10 Å². The molecule has 2 rings (SSSR count). The van der Waals surface area contributed by atoms with E-state index in [1.165, 1.54) is 0 Å². The molecule has 0 aliphatic rings. The molecule has 20 heavy (non-hydrogen) atoms. The summed E-state index contributed by atoms with van der Waals surface area (Å²) in [6.45, 7) is 2.08. The number of methoxy groups -OCH3 is 1. The molecule has 0 spiro atoms. The fourth-order valence-electron chi connectivity index (χ4n) is 1.81. The Kier molecular flexibility index (Phi) is 4.98. The van der Waals surface area contributed by atoms with E-state index in [1.807, 2.05) is 6.07 Å². The third-order valence-corrected chi connectivity index (χ3v) is 3.26. The van der Waals surface area contributed by atoms with E-state index in [2.05, 4.69) is 20.9 Å². The third-order valence-electron chi connectivity index (χ3n) is 2.83. The van der Waals surface area contributed by atoms with Crippen molar-refractivity contribution in [3.8, 4) is 11.5 Å². The number of pyridine rings is 1. The minimum atomic E-state index is -0.600. The highest BCUT2D eigenvalue weighted by Crippen LogP contribution is 2.30. The number of ether oxygens (including phenoxy) is 2. The molecule has 106 valence electrons. The quantitative estimate of drug-likeness (QED) is 0.907. The van der Waals surface area contributed by atoms with E-state index in [4.69, 9.17) is 9.47 Å². The Labute approximate surface area is 126 Å². The van der Waals surface area contributed by atoms with Crippen LogP contribution in [0.2, 0.25) is 0 Å². The minimum absolute atomic E-state index is 0.374. The van der Waals surface area contributed by atoms with Gasteiger partial charge in [-0.15, -0.1) is 0 Å². The molecular weight excluding hydrogens is 322 g/mol. The number of benzene rings is 1. The molecule has 1 atom stereocenters. The van der Waals surface area contributed by atoms with Gasteiger partial charge in [-0.1, -0.05) is 0 Å². The largest absolute Gasteiger partial charge is 0.497 e. The first kappa shape index (κ1) is 14.8. The van der Waals surface area contributed by atoms with Crippen LogP contribution in [0.15, 0.2) is 41.1 Å². The Balaban J connectivity index is 2.19. The molecule has 0 amide bonds. The number of hydrogen-bond acceptors (Lipinski definition) is 4. The van der Waals surface area contributed by atoms with Gasteiger partial charge in [-0.2, -0.15) is 0 Å². The molecule has 0 radical (unpaired) electrons. The average molecular weight is 338 g/mol. The van der Waals surface area contributed by atoms with Gasteiger partial charge in [0.15, 0.2) is 0 Å². The second-order valence-corrected chi connectivity index (χ2v) is 5.30. The number of aromatic nitrogens is 1. The van der Waals surface area contributed by atoms with Crippen molar-refractivity contribution in [3.05, 3.63) is 52.3 Å². The van der Waals surface area contributed by atoms with E-state index in [1.54, 1.807) is 44.6 Å². The maximum absolute atomic E-state index is 9.77. The lowest BCUT2D eigenvalue weighted by atomic mass is 10.1. The van der Waals surface area contributed by atoms with Crippen molar-refractivity contribution in [2.45, 2.75) is 19.6 Å². The standard InChI is InChI=1S/C15H16BrNO3/c1-10(18)14-4-3-13(19-2)6-15(14)20-9-11-5-12(16)8-17-7-11/h3-8,10,18H,9H2,1-2H3. The summed E-state index contributed by atoms with van der Waals surface area (Å²) in [6.07, 6.45) is 2.86. The first-order chi connectivity index (χ1) is 9.60. The van der Waals surface area contributed by atoms with Crippen LogP contribution in [0.3, 0.4) is 0 Å². The van der Waals surface area contributed by atoms with Gasteiger partial charge in [-0.3, -0.25) is 4.98 Å². The highest BCUT2D eigenvalue weighted by atomic mass is 79.9. The van der Waals surface area contributed by atoms with Gasteiger partial charge in [0.2, 0.25) is 0 Å². The molecule has 0 aliphatic carbocycles. The van der Waals surface area contributed by atoms with Crippen molar-refractivity contribution in [1.29, 1.82) is 0 Å². The van der Waals surface area contributed by atoms with Gasteiger partial charge in [0.1, 0.15) is 18.1 Å². The van der Waals surface area contributed by atoms with E-state index >= 15 is 0 Å². The van der Waals surface area contributed by atoms with Gasteiger partial charge in [0.05, 0.1) is 13.2 Å². The summed E-state index contributed by atoms with van der Waals surface area (Å²) >= 11 is 3.37. The SMILES string of the molecule is COc1ccc(C(C)O)c(OCc2cncc(Br)c2)c1. The number of aliphatic hydroxyl groups excluding tert-OH is 1. The molecular formula is C15H16BrNO3. The summed E-state index contributed by atoms with van der Waals surface area (Å²) < 4.78 is 11.9. The van der Waals surface area contributed by atoms with E-state index in [-0.39, 0.29) is 0 Å². The maximum atomic E-state index is 9.77. The normalized spacial score (nSPS) is 12.0. The molecule has 1 unspecified atom stereocenters. The first-order valence-corrected chi connectivity index (χ1v) is 6.97. The van der Waals surface area contributed by atoms with Crippen LogP contribution in [0, 0.1) is 0 Å². The third kappa shape index (κ3) is 3.71. The molecule has 0 saturated heterocycles. The molecule has 1 aromatic carbocycles. The van der Waals surface area contributed by atoms with Crippen LogP contribution in [0.5, 0.6) is 11.5 Å². The molecule has 0 saturated carbocycles. The molecule has 1 aromatic heterocycles. The van der Waals surface area contributed by atoms with Crippen LogP contribution in [0.4, 0.5) is 0 Å². The predicted molar refractivity (Wildman–Crippen MR) is 79.9 cm³/mol. The van der Waals surface area contributed by atoms with E-state index in [0.29, 0.717) is 18.1 Å². The van der Waals surface area contributed by atoms with Gasteiger partial charge >= 0.3 is 0 Å². The van der Waals surface area contributed by atoms with Crippen molar-refractivity contribution in [1.82, 2.24) is 4.98 Å². The summed E-state index contributed by atoms with van der Waals surface area (Å²) in [7, 11) is 1.60. The number of halogens is 1. The van der Waals surface area contributed by atoms with Crippen LogP contribution in [-0.4, -0.2) is 17.2 Å². The zero-order valence-corrected chi connectivity index (χ0v) is 12.9. The highest BCUT2D eigenvalue weighted by molar-refractivity contribution is 9.10. The average Bonchev–Trinajstić information content (AvgIpc) is 2.44. The van der Waals surface area contributed by atoms with Crippen molar-refractivity contribution in [3.63, 3.8) is 0 Å². The lowest BCUT2D eigenvalue weighted by Crippen LogP contribution is -2.02. The molecule has 2 aromatic rings. The van der Waals surface area contributed by atoms with E-state index in [0.717, 1.165) is 15.6 Å². The van der Waals surface area contributed by atoms with Crippen molar-refractivity contribution in [2.75, 3.05) is 7.11 Å². The Morgan fingerprint density at radius 3 is 2.75 bits per heavy atom. The van der Waals surface area contributed by atoms with Crippen LogP contribution < -0.4 is 9.47 Å². The first-order valence-electron chi connectivity index (χ1n) is 6.18. The monoisotopic (exact) mass is 337 g/mol. The molecule has 0 bridgehead atoms. The minimum Gasteiger partial charge on any atom is -0.497 e. The summed E-state index contributed by atoms with van der Waals surface area (Å²) in [5.74, 6) is 1.30. The Hall–Kier alpha value is -1.59. The lowest BCUT2D eigenvalue weighted by Gasteiger charge is -2.14. The van der Waals surface area contributed by atoms with E-state index in [9.17, 15) is 5.11 Å². The molecule has 0 aliphatic heterocycles. The molecule has 5 heteroatoms. The van der Waals surface area contributed by atoms with Gasteiger partial charge in [-0.05, 0) is 41.1 Å². The van der Waals surface area contributed by atoms with Gasteiger partial charge < -0.3 is 14.6 Å². The van der Waals surface area contributed by atoms with Crippen LogP contribution in [0.25, 0.3) is 0 Å². The molecule has 0 fully saturated rings. The van der Waals surface area contributed by atoms with Crippen molar-refractivity contribution >= 4 is 15.9 Å². The number of rotatable bonds is 5. The number of aliphatic hydroxyl groups is 1. The summed E-state index contributed by atoms with van der Waals surface area (Å²) in [5.41, 5.74) is 1.67. The highest BCUT2D eigenvalue weighted by Gasteiger charge is 2.11. The van der Waals surface area contributed by atoms with Gasteiger partial charge in [0, 0.05) is 34.1 Å². The predicted octanol–water partition coefficient (Wildman–Crippen LogP) is 3.49. The number of nitrogens with zero attached hydrogens (tertiary/aromatic N) is 1. The fourth-order valence-corrected chi connectivity index (χ4v) is 2.22. The lowest BCUT2D eigenvalue weighted by molar-refractivity contribution is 0.190. The maximum Gasteiger partial charge on any atom is 0.129 e. The van der Waals surface area contributed by atoms with Gasteiger partial charge in [0.25, 0.3) is 0 Å². The molecule has 4 nitrogen and oxygen atoms in total. The fraction of sp³-hybridized carbons (Fsp3) is 0.267. The summed E-state index contributed by atoms with van der Waals surface area (Å²) in [4.78, 5) is 4.09. The molecule has 1 N–H and O–H groups in total. The Morgan fingerprint density at radius 1 is 1.30 bits per heavy atom. The summed E-state index contributed by atoms with van der Waals surface area (Å²) in [5, 5.41) is 9.77. The zero-order chi connectivity index (χ0) is 14.5. The summed E-state index contributed by atoms with van der Waals surface area (Å²) in [6, 6.07) is 7.32. The Bertz CT molecular complexity index is 587. The number of hydrogen-bond donors (Lipinski definition) is 1. The van der Waals surface area contributed by atoms with Crippen LogP contribution in [-0.2, 0) is 6.61 Å². The van der Waals surface area contributed by atoms with Crippen LogP contribution >= 0.6 is 15.9 Å². The smallest absolute Gasteiger partial charge is 0.129 e. The topological polar surface area (TPSA) is 51.6 Å². The zero-order valence-electron chi connectivity index (χ0n) is 11.3. The van der Waals surface area contributed by atoms with Crippen LogP contribution in [0.1, 0.15) is 24.2 Å². The van der Waals surface area contributed by atoms with Gasteiger partial charge in [-0.25, -0.2) is 0 Å². The second-order valence-electron chi connectivity index (χ2n) is 4.38. The second kappa shape index (κ2) is 6.72. The van der Waals surface area contributed by atoms with Crippen molar-refractivity contribution < 1.29 is 14.6 Å². The molecule has 1 heterocycles. The van der Waals surface area contributed by atoms with Crippen molar-refractivity contribution in [2.24, 2.45) is 0 Å². The Morgan fingerprint density at radius 2 is 2.10 bits per heavy atom.